The highest BCUT2D eigenvalue weighted by atomic mass is 16.5. The van der Waals surface area contributed by atoms with Gasteiger partial charge in [-0.1, -0.05) is 13.8 Å². The van der Waals surface area contributed by atoms with E-state index in [-0.39, 0.29) is 11.5 Å². The maximum absolute atomic E-state index is 11.1. The first-order chi connectivity index (χ1) is 7.00. The Bertz CT molecular complexity index is 220. The summed E-state index contributed by atoms with van der Waals surface area (Å²) >= 11 is 0. The summed E-state index contributed by atoms with van der Waals surface area (Å²) < 4.78 is 5.57. The lowest BCUT2D eigenvalue weighted by Crippen LogP contribution is -2.51. The monoisotopic (exact) mass is 213 g/mol. The molecule has 0 bridgehead atoms. The highest BCUT2D eigenvalue weighted by Gasteiger charge is 2.30. The molecule has 0 radical (unpaired) electrons. The van der Waals surface area contributed by atoms with E-state index in [0.29, 0.717) is 6.04 Å². The second kappa shape index (κ2) is 5.08. The highest BCUT2D eigenvalue weighted by molar-refractivity contribution is 5.58. The molecule has 3 nitrogen and oxygen atoms in total. The van der Waals surface area contributed by atoms with Gasteiger partial charge in [0.1, 0.15) is 6.29 Å². The molecule has 1 saturated heterocycles. The predicted molar refractivity (Wildman–Crippen MR) is 60.9 cm³/mol. The van der Waals surface area contributed by atoms with Gasteiger partial charge in [0.15, 0.2) is 0 Å². The summed E-state index contributed by atoms with van der Waals surface area (Å²) in [4.78, 5) is 13.4. The second-order valence-corrected chi connectivity index (χ2v) is 5.05. The van der Waals surface area contributed by atoms with Crippen molar-refractivity contribution in [2.75, 3.05) is 19.7 Å². The van der Waals surface area contributed by atoms with Crippen LogP contribution in [0.3, 0.4) is 0 Å². The fourth-order valence-corrected chi connectivity index (χ4v) is 1.89. The van der Waals surface area contributed by atoms with Crippen LogP contribution >= 0.6 is 0 Å². The summed E-state index contributed by atoms with van der Waals surface area (Å²) in [5.74, 6) is 0. The van der Waals surface area contributed by atoms with Crippen LogP contribution in [0.15, 0.2) is 0 Å². The average Bonchev–Trinajstić information content (AvgIpc) is 2.23. The van der Waals surface area contributed by atoms with E-state index in [1.807, 2.05) is 6.92 Å². The molecule has 0 spiro atoms. The minimum Gasteiger partial charge on any atom is -0.376 e. The largest absolute Gasteiger partial charge is 0.376 e. The molecule has 1 rings (SSSR count). The third kappa shape index (κ3) is 3.28. The standard InChI is InChI=1S/C12H23NO2/c1-5-12(4,9-14)8-13-6-11(3)15-7-10(13)2/h9-11H,5-8H2,1-4H3. The van der Waals surface area contributed by atoms with Crippen LogP contribution in [0.4, 0.5) is 0 Å². The average molecular weight is 213 g/mol. The lowest BCUT2D eigenvalue weighted by atomic mass is 9.88. The number of aldehydes is 1. The van der Waals surface area contributed by atoms with Crippen molar-refractivity contribution in [3.05, 3.63) is 0 Å². The molecular weight excluding hydrogens is 190 g/mol. The number of carbonyl (C=O) groups is 1. The third-order valence-corrected chi connectivity index (χ3v) is 3.39. The number of nitrogens with zero attached hydrogens (tertiary/aromatic N) is 1. The van der Waals surface area contributed by atoms with Gasteiger partial charge in [0.05, 0.1) is 12.7 Å². The zero-order chi connectivity index (χ0) is 11.5. The molecule has 0 saturated carbocycles. The van der Waals surface area contributed by atoms with E-state index in [0.717, 1.165) is 32.4 Å². The maximum atomic E-state index is 11.1. The summed E-state index contributed by atoms with van der Waals surface area (Å²) in [6.07, 6.45) is 2.28. The Hall–Kier alpha value is -0.410. The van der Waals surface area contributed by atoms with Gasteiger partial charge < -0.3 is 9.53 Å². The Labute approximate surface area is 92.8 Å². The van der Waals surface area contributed by atoms with Crippen LogP contribution in [-0.2, 0) is 9.53 Å². The van der Waals surface area contributed by atoms with E-state index in [1.165, 1.54) is 0 Å². The predicted octanol–water partition coefficient (Wildman–Crippen LogP) is 1.71. The lowest BCUT2D eigenvalue weighted by molar-refractivity contribution is -0.119. The minimum absolute atomic E-state index is 0.203. The molecule has 0 aromatic heterocycles. The summed E-state index contributed by atoms with van der Waals surface area (Å²) in [6.45, 7) is 10.9. The van der Waals surface area contributed by atoms with Crippen molar-refractivity contribution in [3.63, 3.8) is 0 Å². The van der Waals surface area contributed by atoms with Crippen molar-refractivity contribution in [1.82, 2.24) is 4.90 Å². The van der Waals surface area contributed by atoms with Gasteiger partial charge in [0, 0.05) is 24.5 Å². The molecule has 0 aromatic rings. The van der Waals surface area contributed by atoms with Crippen molar-refractivity contribution in [3.8, 4) is 0 Å². The van der Waals surface area contributed by atoms with Crippen LogP contribution in [0.1, 0.15) is 34.1 Å². The highest BCUT2D eigenvalue weighted by Crippen LogP contribution is 2.22. The fraction of sp³-hybridized carbons (Fsp3) is 0.917. The lowest BCUT2D eigenvalue weighted by Gasteiger charge is -2.40. The van der Waals surface area contributed by atoms with Crippen molar-refractivity contribution in [2.24, 2.45) is 5.41 Å². The van der Waals surface area contributed by atoms with Gasteiger partial charge in [-0.2, -0.15) is 0 Å². The van der Waals surface area contributed by atoms with Gasteiger partial charge in [-0.3, -0.25) is 4.90 Å². The summed E-state index contributed by atoms with van der Waals surface area (Å²) in [6, 6.07) is 0.423. The molecule has 0 amide bonds. The van der Waals surface area contributed by atoms with Crippen LogP contribution in [0.25, 0.3) is 0 Å². The summed E-state index contributed by atoms with van der Waals surface area (Å²) in [7, 11) is 0. The van der Waals surface area contributed by atoms with E-state index in [2.05, 4.69) is 25.7 Å². The Morgan fingerprint density at radius 1 is 1.53 bits per heavy atom. The third-order valence-electron chi connectivity index (χ3n) is 3.39. The molecule has 1 heterocycles. The number of hydrogen-bond donors (Lipinski definition) is 0. The molecule has 0 aliphatic carbocycles. The summed E-state index contributed by atoms with van der Waals surface area (Å²) in [5, 5.41) is 0. The van der Waals surface area contributed by atoms with Crippen LogP contribution < -0.4 is 0 Å². The summed E-state index contributed by atoms with van der Waals surface area (Å²) in [5.41, 5.74) is -0.203. The number of rotatable bonds is 4. The SMILES string of the molecule is CCC(C)(C=O)CN1CC(C)OCC1C. The minimum atomic E-state index is -0.203. The second-order valence-electron chi connectivity index (χ2n) is 5.05. The first-order valence-corrected chi connectivity index (χ1v) is 5.82. The number of ether oxygens (including phenoxy) is 1. The van der Waals surface area contributed by atoms with Crippen molar-refractivity contribution in [2.45, 2.75) is 46.3 Å². The normalized spacial score (nSPS) is 32.3. The van der Waals surface area contributed by atoms with Gasteiger partial charge in [-0.15, -0.1) is 0 Å². The van der Waals surface area contributed by atoms with Gasteiger partial charge in [-0.25, -0.2) is 0 Å². The molecule has 3 unspecified atom stereocenters. The molecule has 0 aromatic carbocycles. The van der Waals surface area contributed by atoms with E-state index in [1.54, 1.807) is 0 Å². The van der Waals surface area contributed by atoms with E-state index >= 15 is 0 Å². The molecule has 3 heteroatoms. The smallest absolute Gasteiger partial charge is 0.127 e. The van der Waals surface area contributed by atoms with Crippen LogP contribution in [0.2, 0.25) is 0 Å². The Morgan fingerprint density at radius 2 is 2.20 bits per heavy atom. The van der Waals surface area contributed by atoms with Gasteiger partial charge in [0.2, 0.25) is 0 Å². The Kier molecular flexibility index (Phi) is 4.29. The maximum Gasteiger partial charge on any atom is 0.127 e. The zero-order valence-corrected chi connectivity index (χ0v) is 10.3. The molecular formula is C12H23NO2. The Balaban J connectivity index is 2.58. The van der Waals surface area contributed by atoms with E-state index < -0.39 is 0 Å². The van der Waals surface area contributed by atoms with Crippen molar-refractivity contribution < 1.29 is 9.53 Å². The van der Waals surface area contributed by atoms with Crippen LogP contribution in [0, 0.1) is 5.41 Å². The number of morpholine rings is 1. The van der Waals surface area contributed by atoms with E-state index in [4.69, 9.17) is 4.74 Å². The first-order valence-electron chi connectivity index (χ1n) is 5.82. The quantitative estimate of drug-likeness (QED) is 0.666. The Morgan fingerprint density at radius 3 is 2.73 bits per heavy atom. The molecule has 88 valence electrons. The first kappa shape index (κ1) is 12.7. The van der Waals surface area contributed by atoms with Crippen molar-refractivity contribution in [1.29, 1.82) is 0 Å². The van der Waals surface area contributed by atoms with E-state index in [9.17, 15) is 4.79 Å². The zero-order valence-electron chi connectivity index (χ0n) is 10.3. The number of carbonyl (C=O) groups excluding carboxylic acids is 1. The molecule has 1 fully saturated rings. The van der Waals surface area contributed by atoms with Gasteiger partial charge in [-0.05, 0) is 20.3 Å². The molecule has 1 aliphatic heterocycles. The van der Waals surface area contributed by atoms with Crippen molar-refractivity contribution >= 4 is 6.29 Å². The topological polar surface area (TPSA) is 29.5 Å². The van der Waals surface area contributed by atoms with Crippen LogP contribution in [0.5, 0.6) is 0 Å². The fourth-order valence-electron chi connectivity index (χ4n) is 1.89. The molecule has 0 N–H and O–H groups in total. The number of hydrogen-bond acceptors (Lipinski definition) is 3. The van der Waals surface area contributed by atoms with Crippen LogP contribution in [-0.4, -0.2) is 43.0 Å². The molecule has 1 aliphatic rings. The molecule has 3 atom stereocenters. The van der Waals surface area contributed by atoms with Gasteiger partial charge in [0.25, 0.3) is 0 Å². The molecule has 15 heavy (non-hydrogen) atoms. The van der Waals surface area contributed by atoms with Gasteiger partial charge >= 0.3 is 0 Å².